The Balaban J connectivity index is 1.53. The molecule has 0 atom stereocenters. The van der Waals surface area contributed by atoms with Crippen molar-refractivity contribution in [2.24, 2.45) is 0 Å². The summed E-state index contributed by atoms with van der Waals surface area (Å²) in [4.78, 5) is 12.2. The van der Waals surface area contributed by atoms with Gasteiger partial charge in [0.05, 0.1) is 13.2 Å². The molecule has 0 radical (unpaired) electrons. The molecular weight excluding hydrogens is 326 g/mol. The molecule has 26 heavy (non-hydrogen) atoms. The van der Waals surface area contributed by atoms with Crippen LogP contribution in [-0.4, -0.2) is 24.2 Å². The van der Waals surface area contributed by atoms with Crippen molar-refractivity contribution in [3.63, 3.8) is 0 Å². The lowest BCUT2D eigenvalue weighted by Crippen LogP contribution is -2.28. The molecular formula is C22H21NO3. The number of para-hydroxylation sites is 1. The number of carbonyl (C=O) groups excluding carboxylic acids is 1. The number of amides is 1. The smallest absolute Gasteiger partial charge is 0.251 e. The largest absolute Gasteiger partial charge is 0.492 e. The van der Waals surface area contributed by atoms with E-state index in [0.717, 1.165) is 22.4 Å². The molecule has 3 aromatic carbocycles. The van der Waals surface area contributed by atoms with Crippen LogP contribution in [0.15, 0.2) is 78.9 Å². The molecule has 0 unspecified atom stereocenters. The van der Waals surface area contributed by atoms with E-state index in [1.807, 2.05) is 66.7 Å². The number of nitrogens with one attached hydrogen (secondary N) is 1. The molecule has 0 heterocycles. The van der Waals surface area contributed by atoms with Gasteiger partial charge in [-0.25, -0.2) is 0 Å². The van der Waals surface area contributed by atoms with Crippen molar-refractivity contribution in [1.29, 1.82) is 0 Å². The van der Waals surface area contributed by atoms with E-state index in [1.165, 1.54) is 0 Å². The highest BCUT2D eigenvalue weighted by molar-refractivity contribution is 5.94. The minimum absolute atomic E-state index is 0.0133. The summed E-state index contributed by atoms with van der Waals surface area (Å²) < 4.78 is 5.56. The Morgan fingerprint density at radius 1 is 0.885 bits per heavy atom. The summed E-state index contributed by atoms with van der Waals surface area (Å²) in [6, 6.07) is 24.6. The molecule has 3 aromatic rings. The average molecular weight is 347 g/mol. The maximum Gasteiger partial charge on any atom is 0.251 e. The Labute approximate surface area is 153 Å². The Morgan fingerprint density at radius 3 is 2.38 bits per heavy atom. The summed E-state index contributed by atoms with van der Waals surface area (Å²) in [7, 11) is 0. The summed E-state index contributed by atoms with van der Waals surface area (Å²) in [5.74, 6) is 0.661. The van der Waals surface area contributed by atoms with Crippen molar-refractivity contribution in [2.75, 3.05) is 13.2 Å². The molecule has 4 nitrogen and oxygen atoms in total. The molecule has 0 aliphatic carbocycles. The van der Waals surface area contributed by atoms with Gasteiger partial charge in [-0.3, -0.25) is 4.79 Å². The molecule has 3 rings (SSSR count). The van der Waals surface area contributed by atoms with Crippen LogP contribution in [0.3, 0.4) is 0 Å². The predicted octanol–water partition coefficient (Wildman–Crippen LogP) is 3.65. The highest BCUT2D eigenvalue weighted by atomic mass is 16.5. The SMILES string of the molecule is O=C(NCCOc1ccccc1)c1ccc(-c2cccc(CO)c2)cc1. The second-order valence-corrected chi connectivity index (χ2v) is 5.85. The zero-order chi connectivity index (χ0) is 18.2. The van der Waals surface area contributed by atoms with Gasteiger partial charge < -0.3 is 15.2 Å². The fourth-order valence-corrected chi connectivity index (χ4v) is 2.62. The van der Waals surface area contributed by atoms with Crippen LogP contribution >= 0.6 is 0 Å². The second-order valence-electron chi connectivity index (χ2n) is 5.85. The lowest BCUT2D eigenvalue weighted by Gasteiger charge is -2.08. The van der Waals surface area contributed by atoms with Crippen molar-refractivity contribution >= 4 is 5.91 Å². The number of aliphatic hydroxyl groups is 1. The molecule has 0 aliphatic heterocycles. The van der Waals surface area contributed by atoms with Crippen LogP contribution in [0.1, 0.15) is 15.9 Å². The molecule has 4 heteroatoms. The number of hydrogen-bond acceptors (Lipinski definition) is 3. The van der Waals surface area contributed by atoms with E-state index < -0.39 is 0 Å². The summed E-state index contributed by atoms with van der Waals surface area (Å²) in [5, 5.41) is 12.1. The van der Waals surface area contributed by atoms with Crippen LogP contribution in [0.5, 0.6) is 5.75 Å². The van der Waals surface area contributed by atoms with Gasteiger partial charge in [0.2, 0.25) is 0 Å². The van der Waals surface area contributed by atoms with Crippen LogP contribution in [-0.2, 0) is 6.61 Å². The molecule has 0 bridgehead atoms. The first-order valence-corrected chi connectivity index (χ1v) is 8.52. The Morgan fingerprint density at radius 2 is 1.65 bits per heavy atom. The predicted molar refractivity (Wildman–Crippen MR) is 102 cm³/mol. The summed E-state index contributed by atoms with van der Waals surface area (Å²) in [6.07, 6.45) is 0. The monoisotopic (exact) mass is 347 g/mol. The topological polar surface area (TPSA) is 58.6 Å². The number of ether oxygens (including phenoxy) is 1. The first kappa shape index (κ1) is 17.7. The van der Waals surface area contributed by atoms with Crippen LogP contribution in [0, 0.1) is 0 Å². The van der Waals surface area contributed by atoms with Gasteiger partial charge in [0, 0.05) is 5.56 Å². The van der Waals surface area contributed by atoms with Crippen molar-refractivity contribution in [1.82, 2.24) is 5.32 Å². The molecule has 2 N–H and O–H groups in total. The van der Waals surface area contributed by atoms with E-state index in [1.54, 1.807) is 12.1 Å². The van der Waals surface area contributed by atoms with E-state index in [4.69, 9.17) is 4.74 Å². The van der Waals surface area contributed by atoms with E-state index >= 15 is 0 Å². The van der Waals surface area contributed by atoms with Gasteiger partial charge >= 0.3 is 0 Å². The molecule has 132 valence electrons. The lowest BCUT2D eigenvalue weighted by atomic mass is 10.0. The van der Waals surface area contributed by atoms with Crippen LogP contribution in [0.25, 0.3) is 11.1 Å². The molecule has 0 saturated heterocycles. The molecule has 0 aliphatic rings. The molecule has 0 aromatic heterocycles. The second kappa shape index (κ2) is 8.83. The van der Waals surface area contributed by atoms with Gasteiger partial charge in [-0.1, -0.05) is 48.5 Å². The van der Waals surface area contributed by atoms with E-state index in [0.29, 0.717) is 18.7 Å². The maximum atomic E-state index is 12.2. The van der Waals surface area contributed by atoms with Crippen molar-refractivity contribution in [3.8, 4) is 16.9 Å². The van der Waals surface area contributed by atoms with Crippen molar-refractivity contribution in [2.45, 2.75) is 6.61 Å². The van der Waals surface area contributed by atoms with Gasteiger partial charge in [0.15, 0.2) is 0 Å². The zero-order valence-corrected chi connectivity index (χ0v) is 14.4. The minimum Gasteiger partial charge on any atom is -0.492 e. The summed E-state index contributed by atoms with van der Waals surface area (Å²) in [6.45, 7) is 0.870. The quantitative estimate of drug-likeness (QED) is 0.641. The average Bonchev–Trinajstić information content (AvgIpc) is 2.72. The van der Waals surface area contributed by atoms with Gasteiger partial charge in [-0.15, -0.1) is 0 Å². The lowest BCUT2D eigenvalue weighted by molar-refractivity contribution is 0.0947. The first-order valence-electron chi connectivity index (χ1n) is 8.52. The first-order chi connectivity index (χ1) is 12.8. The third-order valence-corrected chi connectivity index (χ3v) is 3.99. The molecule has 0 fully saturated rings. The van der Waals surface area contributed by atoms with Gasteiger partial charge in [-0.2, -0.15) is 0 Å². The number of aliphatic hydroxyl groups excluding tert-OH is 1. The van der Waals surface area contributed by atoms with E-state index in [9.17, 15) is 9.90 Å². The normalized spacial score (nSPS) is 10.3. The number of hydrogen-bond donors (Lipinski definition) is 2. The van der Waals surface area contributed by atoms with Crippen LogP contribution in [0.2, 0.25) is 0 Å². The highest BCUT2D eigenvalue weighted by Gasteiger charge is 2.06. The zero-order valence-electron chi connectivity index (χ0n) is 14.4. The highest BCUT2D eigenvalue weighted by Crippen LogP contribution is 2.21. The number of carbonyl (C=O) groups is 1. The Kier molecular flexibility index (Phi) is 6.01. The van der Waals surface area contributed by atoms with Gasteiger partial charge in [0.1, 0.15) is 12.4 Å². The van der Waals surface area contributed by atoms with Gasteiger partial charge in [0.25, 0.3) is 5.91 Å². The number of benzene rings is 3. The summed E-state index contributed by atoms with van der Waals surface area (Å²) in [5.41, 5.74) is 3.48. The van der Waals surface area contributed by atoms with E-state index in [-0.39, 0.29) is 12.5 Å². The Bertz CT molecular complexity index is 845. The Hall–Kier alpha value is -3.11. The third kappa shape index (κ3) is 4.71. The van der Waals surface area contributed by atoms with Crippen LogP contribution < -0.4 is 10.1 Å². The van der Waals surface area contributed by atoms with Crippen molar-refractivity contribution in [3.05, 3.63) is 90.0 Å². The van der Waals surface area contributed by atoms with E-state index in [2.05, 4.69) is 5.32 Å². The minimum atomic E-state index is -0.127. The summed E-state index contributed by atoms with van der Waals surface area (Å²) >= 11 is 0. The fraction of sp³-hybridized carbons (Fsp3) is 0.136. The fourth-order valence-electron chi connectivity index (χ4n) is 2.62. The van der Waals surface area contributed by atoms with Gasteiger partial charge in [-0.05, 0) is 47.0 Å². The van der Waals surface area contributed by atoms with Crippen molar-refractivity contribution < 1.29 is 14.6 Å². The third-order valence-electron chi connectivity index (χ3n) is 3.99. The molecule has 0 saturated carbocycles. The standard InChI is InChI=1S/C22H21NO3/c24-16-17-5-4-6-20(15-17)18-9-11-19(12-10-18)22(25)23-13-14-26-21-7-2-1-3-8-21/h1-12,15,24H,13-14,16H2,(H,23,25). The molecule has 1 amide bonds. The van der Waals surface area contributed by atoms with Crippen LogP contribution in [0.4, 0.5) is 0 Å². The molecule has 0 spiro atoms. The maximum absolute atomic E-state index is 12.2. The number of rotatable bonds is 7.